The van der Waals surface area contributed by atoms with Gasteiger partial charge in [0, 0.05) is 12.8 Å². The van der Waals surface area contributed by atoms with Crippen LogP contribution in [-0.4, -0.2) is 93.7 Å². The van der Waals surface area contributed by atoms with Crippen molar-refractivity contribution in [2.24, 2.45) is 5.92 Å². The van der Waals surface area contributed by atoms with Crippen LogP contribution >= 0.6 is 0 Å². The zero-order chi connectivity index (χ0) is 22.7. The molecule has 0 aromatic rings. The van der Waals surface area contributed by atoms with E-state index in [0.29, 0.717) is 6.42 Å². The molecule has 0 aromatic carbocycles. The fourth-order valence-electron chi connectivity index (χ4n) is 3.78. The Hall–Kier alpha value is -1.34. The van der Waals surface area contributed by atoms with Crippen LogP contribution in [0.25, 0.3) is 0 Å². The standard InChI is InChI=1S/C19H33NO10/c1-6-10-8(4)12(22)11(20-9(5)21)18(28-10)29-15-13(23)14(24)19(27-7(2)3)30-16(15)17(25)26/h7-8,10-16,18-19,22-24H,6H2,1-5H3,(H,20,21)(H,25,26). The lowest BCUT2D eigenvalue weighted by Crippen LogP contribution is -2.66. The Morgan fingerprint density at radius 3 is 2.20 bits per heavy atom. The van der Waals surface area contributed by atoms with E-state index in [1.807, 2.05) is 6.92 Å². The van der Waals surface area contributed by atoms with Crippen LogP contribution in [0.15, 0.2) is 0 Å². The molecule has 2 fully saturated rings. The van der Waals surface area contributed by atoms with Gasteiger partial charge in [0.15, 0.2) is 18.7 Å². The van der Waals surface area contributed by atoms with E-state index in [1.165, 1.54) is 6.92 Å². The van der Waals surface area contributed by atoms with Crippen LogP contribution in [-0.2, 0) is 28.5 Å². The minimum absolute atomic E-state index is 0.330. The first-order valence-electron chi connectivity index (χ1n) is 10.1. The van der Waals surface area contributed by atoms with Crippen molar-refractivity contribution in [1.29, 1.82) is 0 Å². The molecule has 2 aliphatic heterocycles. The van der Waals surface area contributed by atoms with E-state index in [1.54, 1.807) is 20.8 Å². The van der Waals surface area contributed by atoms with Crippen molar-refractivity contribution in [3.63, 3.8) is 0 Å². The molecule has 2 heterocycles. The van der Waals surface area contributed by atoms with Crippen molar-refractivity contribution >= 4 is 11.9 Å². The average molecular weight is 435 g/mol. The number of rotatable bonds is 7. The molecule has 2 aliphatic rings. The molecule has 11 heteroatoms. The number of hydrogen-bond acceptors (Lipinski definition) is 9. The summed E-state index contributed by atoms with van der Waals surface area (Å²) in [5.41, 5.74) is 0. The molecular weight excluding hydrogens is 402 g/mol. The van der Waals surface area contributed by atoms with Crippen LogP contribution in [0.5, 0.6) is 0 Å². The molecule has 0 aliphatic carbocycles. The van der Waals surface area contributed by atoms with Crippen LogP contribution in [0.3, 0.4) is 0 Å². The van der Waals surface area contributed by atoms with Crippen molar-refractivity contribution in [2.45, 2.75) is 102 Å². The fraction of sp³-hybridized carbons (Fsp3) is 0.895. The molecule has 0 bridgehead atoms. The Bertz CT molecular complexity index is 602. The van der Waals surface area contributed by atoms with Crippen LogP contribution in [0.1, 0.15) is 41.0 Å². The Balaban J connectivity index is 2.28. The van der Waals surface area contributed by atoms with Gasteiger partial charge in [-0.05, 0) is 20.3 Å². The quantitative estimate of drug-likeness (QED) is 0.334. The topological polar surface area (TPSA) is 164 Å². The van der Waals surface area contributed by atoms with E-state index >= 15 is 0 Å². The molecule has 0 aromatic heterocycles. The maximum absolute atomic E-state index is 11.8. The Labute approximate surface area is 175 Å². The lowest BCUT2D eigenvalue weighted by atomic mass is 9.87. The molecule has 2 saturated heterocycles. The fourth-order valence-corrected chi connectivity index (χ4v) is 3.78. The maximum Gasteiger partial charge on any atom is 0.335 e. The van der Waals surface area contributed by atoms with Crippen LogP contribution < -0.4 is 5.32 Å². The summed E-state index contributed by atoms with van der Waals surface area (Å²) in [5.74, 6) is -2.21. The molecule has 2 rings (SSSR count). The predicted molar refractivity (Wildman–Crippen MR) is 101 cm³/mol. The van der Waals surface area contributed by atoms with Gasteiger partial charge in [-0.2, -0.15) is 0 Å². The summed E-state index contributed by atoms with van der Waals surface area (Å²) in [6.07, 6.45) is -10.4. The third-order valence-corrected chi connectivity index (χ3v) is 5.35. The number of nitrogens with one attached hydrogen (secondary N) is 1. The van der Waals surface area contributed by atoms with E-state index in [-0.39, 0.29) is 5.92 Å². The van der Waals surface area contributed by atoms with E-state index in [0.717, 1.165) is 0 Å². The number of amides is 1. The summed E-state index contributed by atoms with van der Waals surface area (Å²) < 4.78 is 22.3. The average Bonchev–Trinajstić information content (AvgIpc) is 2.65. The SMILES string of the molecule is CCC1OC(OC2C(C(=O)O)OC(OC(C)C)C(O)C2O)C(NC(C)=O)C(O)C1C. The molecule has 0 spiro atoms. The van der Waals surface area contributed by atoms with Crippen molar-refractivity contribution in [3.8, 4) is 0 Å². The molecule has 10 atom stereocenters. The molecule has 30 heavy (non-hydrogen) atoms. The lowest BCUT2D eigenvalue weighted by Gasteiger charge is -2.47. The number of hydrogen-bond donors (Lipinski definition) is 5. The second-order valence-electron chi connectivity index (χ2n) is 8.06. The first-order valence-corrected chi connectivity index (χ1v) is 10.1. The van der Waals surface area contributed by atoms with Gasteiger partial charge in [0.25, 0.3) is 0 Å². The van der Waals surface area contributed by atoms with E-state index in [9.17, 15) is 30.0 Å². The van der Waals surface area contributed by atoms with Crippen molar-refractivity contribution < 1.29 is 49.0 Å². The van der Waals surface area contributed by atoms with Gasteiger partial charge < -0.3 is 44.7 Å². The number of carboxylic acids is 1. The first kappa shape index (κ1) is 24.9. The molecule has 1 amide bonds. The zero-order valence-corrected chi connectivity index (χ0v) is 17.8. The zero-order valence-electron chi connectivity index (χ0n) is 17.8. The minimum atomic E-state index is -1.68. The molecule has 0 saturated carbocycles. The normalized spacial score (nSPS) is 42.2. The van der Waals surface area contributed by atoms with E-state index in [2.05, 4.69) is 5.32 Å². The van der Waals surface area contributed by atoms with Gasteiger partial charge in [0.2, 0.25) is 5.91 Å². The van der Waals surface area contributed by atoms with Gasteiger partial charge in [-0.25, -0.2) is 4.79 Å². The van der Waals surface area contributed by atoms with Gasteiger partial charge in [0.1, 0.15) is 24.4 Å². The van der Waals surface area contributed by atoms with Crippen molar-refractivity contribution in [1.82, 2.24) is 5.32 Å². The summed E-state index contributed by atoms with van der Waals surface area (Å²) in [4.78, 5) is 23.4. The predicted octanol–water partition coefficient (Wildman–Crippen LogP) is -1.04. The third kappa shape index (κ3) is 5.47. The summed E-state index contributed by atoms with van der Waals surface area (Å²) in [5, 5.41) is 43.7. The highest BCUT2D eigenvalue weighted by Gasteiger charge is 2.52. The lowest BCUT2D eigenvalue weighted by molar-refractivity contribution is -0.340. The first-order chi connectivity index (χ1) is 14.0. The van der Waals surface area contributed by atoms with Gasteiger partial charge in [-0.3, -0.25) is 4.79 Å². The number of ether oxygens (including phenoxy) is 4. The summed E-state index contributed by atoms with van der Waals surface area (Å²) >= 11 is 0. The second kappa shape index (κ2) is 10.3. The number of aliphatic hydroxyl groups excluding tert-OH is 3. The van der Waals surface area contributed by atoms with Gasteiger partial charge in [-0.15, -0.1) is 0 Å². The van der Waals surface area contributed by atoms with Crippen LogP contribution in [0.4, 0.5) is 0 Å². The second-order valence-corrected chi connectivity index (χ2v) is 8.06. The molecule has 174 valence electrons. The third-order valence-electron chi connectivity index (χ3n) is 5.35. The Morgan fingerprint density at radius 2 is 1.70 bits per heavy atom. The van der Waals surface area contributed by atoms with Crippen LogP contribution in [0, 0.1) is 5.92 Å². The molecule has 5 N–H and O–H groups in total. The number of carbonyl (C=O) groups excluding carboxylic acids is 1. The van der Waals surface area contributed by atoms with Crippen LogP contribution in [0.2, 0.25) is 0 Å². The number of aliphatic carboxylic acids is 1. The molecule has 0 radical (unpaired) electrons. The number of aliphatic hydroxyl groups is 3. The molecule has 10 unspecified atom stereocenters. The van der Waals surface area contributed by atoms with E-state index in [4.69, 9.17) is 18.9 Å². The van der Waals surface area contributed by atoms with Crippen molar-refractivity contribution in [3.05, 3.63) is 0 Å². The maximum atomic E-state index is 11.8. The smallest absolute Gasteiger partial charge is 0.335 e. The Kier molecular flexibility index (Phi) is 8.57. The van der Waals surface area contributed by atoms with Gasteiger partial charge in [0.05, 0.1) is 18.3 Å². The highest BCUT2D eigenvalue weighted by molar-refractivity contribution is 5.74. The number of carboxylic acid groups (broad SMARTS) is 1. The largest absolute Gasteiger partial charge is 0.479 e. The monoisotopic (exact) mass is 435 g/mol. The number of carbonyl (C=O) groups is 2. The summed E-state index contributed by atoms with van der Waals surface area (Å²) in [7, 11) is 0. The highest BCUT2D eigenvalue weighted by Crippen LogP contribution is 2.32. The van der Waals surface area contributed by atoms with Gasteiger partial charge >= 0.3 is 5.97 Å². The Morgan fingerprint density at radius 1 is 1.07 bits per heavy atom. The summed E-state index contributed by atoms with van der Waals surface area (Å²) in [6, 6.07) is -1.01. The van der Waals surface area contributed by atoms with Gasteiger partial charge in [-0.1, -0.05) is 13.8 Å². The minimum Gasteiger partial charge on any atom is -0.479 e. The highest BCUT2D eigenvalue weighted by atomic mass is 16.7. The van der Waals surface area contributed by atoms with Crippen molar-refractivity contribution in [2.75, 3.05) is 0 Å². The molecule has 11 nitrogen and oxygen atoms in total. The van der Waals surface area contributed by atoms with E-state index < -0.39 is 73.2 Å². The molecular formula is C19H33NO10. The summed E-state index contributed by atoms with van der Waals surface area (Å²) in [6.45, 7) is 8.21.